The lowest BCUT2D eigenvalue weighted by molar-refractivity contribution is 0.222. The maximum Gasteiger partial charge on any atom is 0.262 e. The summed E-state index contributed by atoms with van der Waals surface area (Å²) < 4.78 is 28.8. The van der Waals surface area contributed by atoms with Gasteiger partial charge in [-0.3, -0.25) is 4.40 Å². The predicted molar refractivity (Wildman–Crippen MR) is 79.2 cm³/mol. The second kappa shape index (κ2) is 4.71. The third-order valence-electron chi connectivity index (χ3n) is 3.66. The molecule has 2 atom stereocenters. The van der Waals surface area contributed by atoms with Crippen molar-refractivity contribution in [3.8, 4) is 0 Å². The fourth-order valence-electron chi connectivity index (χ4n) is 2.96. The summed E-state index contributed by atoms with van der Waals surface area (Å²) in [5.41, 5.74) is 5.83. The first kappa shape index (κ1) is 13.8. The molecule has 8 heteroatoms. The van der Waals surface area contributed by atoms with Gasteiger partial charge in [-0.1, -0.05) is 13.8 Å². The van der Waals surface area contributed by atoms with Gasteiger partial charge in [0.15, 0.2) is 15.8 Å². The van der Waals surface area contributed by atoms with Crippen LogP contribution in [0.4, 0.5) is 5.82 Å². The van der Waals surface area contributed by atoms with E-state index in [1.165, 1.54) is 11.3 Å². The average molecular weight is 314 g/mol. The summed E-state index contributed by atoms with van der Waals surface area (Å²) in [5, 5.41) is 1.91. The van der Waals surface area contributed by atoms with Crippen LogP contribution in [0.3, 0.4) is 0 Å². The van der Waals surface area contributed by atoms with Crippen molar-refractivity contribution < 1.29 is 8.42 Å². The minimum atomic E-state index is -3.60. The molecule has 3 rings (SSSR count). The SMILES string of the molecule is CC1CC(C)CN(S(=O)(=O)c2c(N)nc3sccn23)C1. The van der Waals surface area contributed by atoms with Crippen molar-refractivity contribution in [2.45, 2.75) is 25.3 Å². The minimum absolute atomic E-state index is 0.0859. The maximum absolute atomic E-state index is 12.9. The van der Waals surface area contributed by atoms with Crippen molar-refractivity contribution >= 4 is 32.1 Å². The molecule has 0 aromatic carbocycles. The Morgan fingerprint density at radius 2 is 2.00 bits per heavy atom. The van der Waals surface area contributed by atoms with Gasteiger partial charge in [0.2, 0.25) is 0 Å². The number of hydrogen-bond donors (Lipinski definition) is 1. The van der Waals surface area contributed by atoms with Crippen LogP contribution in [0.2, 0.25) is 0 Å². The molecule has 0 aliphatic carbocycles. The summed E-state index contributed by atoms with van der Waals surface area (Å²) in [4.78, 5) is 4.74. The van der Waals surface area contributed by atoms with Crippen LogP contribution < -0.4 is 5.73 Å². The zero-order chi connectivity index (χ0) is 14.5. The highest BCUT2D eigenvalue weighted by atomic mass is 32.2. The smallest absolute Gasteiger partial charge is 0.262 e. The van der Waals surface area contributed by atoms with Crippen LogP contribution in [-0.2, 0) is 10.0 Å². The molecule has 0 radical (unpaired) electrons. The Morgan fingerprint density at radius 3 is 2.65 bits per heavy atom. The van der Waals surface area contributed by atoms with Crippen molar-refractivity contribution in [2.24, 2.45) is 11.8 Å². The normalized spacial score (nSPS) is 25.3. The molecular weight excluding hydrogens is 296 g/mol. The van der Waals surface area contributed by atoms with Crippen LogP contribution in [0.15, 0.2) is 16.6 Å². The number of hydrogen-bond acceptors (Lipinski definition) is 5. The molecule has 1 aliphatic heterocycles. The van der Waals surface area contributed by atoms with E-state index in [4.69, 9.17) is 5.73 Å². The summed E-state index contributed by atoms with van der Waals surface area (Å²) in [6.45, 7) is 5.25. The Hall–Kier alpha value is -1.12. The van der Waals surface area contributed by atoms with E-state index in [9.17, 15) is 8.42 Å². The number of fused-ring (bicyclic) bond motifs is 1. The van der Waals surface area contributed by atoms with Gasteiger partial charge in [0.25, 0.3) is 10.0 Å². The summed E-state index contributed by atoms with van der Waals surface area (Å²) in [7, 11) is -3.60. The van der Waals surface area contributed by atoms with Crippen LogP contribution in [0, 0.1) is 11.8 Å². The van der Waals surface area contributed by atoms with E-state index in [2.05, 4.69) is 18.8 Å². The first-order valence-electron chi connectivity index (χ1n) is 6.60. The van der Waals surface area contributed by atoms with Gasteiger partial charge in [0.1, 0.15) is 0 Å². The Bertz CT molecular complexity index is 724. The van der Waals surface area contributed by atoms with Crippen molar-refractivity contribution in [3.05, 3.63) is 11.6 Å². The molecule has 0 bridgehead atoms. The second-order valence-corrected chi connectivity index (χ2v) is 8.35. The van der Waals surface area contributed by atoms with Gasteiger partial charge >= 0.3 is 0 Å². The molecule has 0 spiro atoms. The Balaban J connectivity index is 2.07. The highest BCUT2D eigenvalue weighted by molar-refractivity contribution is 7.89. The quantitative estimate of drug-likeness (QED) is 0.914. The molecule has 3 heterocycles. The summed E-state index contributed by atoms with van der Waals surface area (Å²) in [5.74, 6) is 0.809. The first-order valence-corrected chi connectivity index (χ1v) is 8.92. The van der Waals surface area contributed by atoms with Crippen molar-refractivity contribution in [1.82, 2.24) is 13.7 Å². The van der Waals surface area contributed by atoms with Gasteiger partial charge in [-0.15, -0.1) is 11.3 Å². The highest BCUT2D eigenvalue weighted by Crippen LogP contribution is 2.30. The van der Waals surface area contributed by atoms with Crippen molar-refractivity contribution in [2.75, 3.05) is 18.8 Å². The molecule has 1 aliphatic rings. The standard InChI is InChI=1S/C12H18N4O2S2/c1-8-5-9(2)7-15(6-8)20(17,18)11-10(13)14-12-16(11)3-4-19-12/h3-4,8-9H,5-7,13H2,1-2H3. The van der Waals surface area contributed by atoms with E-state index in [1.807, 2.05) is 5.38 Å². The molecule has 20 heavy (non-hydrogen) atoms. The number of nitrogen functional groups attached to an aromatic ring is 1. The van der Waals surface area contributed by atoms with Gasteiger partial charge in [0, 0.05) is 24.7 Å². The molecule has 110 valence electrons. The topological polar surface area (TPSA) is 80.7 Å². The Morgan fingerprint density at radius 1 is 1.35 bits per heavy atom. The zero-order valence-corrected chi connectivity index (χ0v) is 13.1. The zero-order valence-electron chi connectivity index (χ0n) is 11.5. The lowest BCUT2D eigenvalue weighted by atomic mass is 9.94. The fraction of sp³-hybridized carbons (Fsp3) is 0.583. The molecule has 1 saturated heterocycles. The van der Waals surface area contributed by atoms with Gasteiger partial charge in [-0.25, -0.2) is 13.4 Å². The second-order valence-electron chi connectivity index (χ2n) is 5.63. The number of anilines is 1. The van der Waals surface area contributed by atoms with Crippen molar-refractivity contribution in [3.63, 3.8) is 0 Å². The lowest BCUT2D eigenvalue weighted by Gasteiger charge is -2.33. The number of nitrogens with zero attached hydrogens (tertiary/aromatic N) is 3. The molecular formula is C12H18N4O2S2. The van der Waals surface area contributed by atoms with Gasteiger partial charge < -0.3 is 5.73 Å². The van der Waals surface area contributed by atoms with Gasteiger partial charge in [-0.05, 0) is 18.3 Å². The third kappa shape index (κ3) is 2.11. The molecule has 1 fully saturated rings. The number of nitrogens with two attached hydrogens (primary N) is 1. The van der Waals surface area contributed by atoms with E-state index < -0.39 is 10.0 Å². The van der Waals surface area contributed by atoms with Crippen molar-refractivity contribution in [1.29, 1.82) is 0 Å². The van der Waals surface area contributed by atoms with Crippen LogP contribution in [0.25, 0.3) is 4.96 Å². The average Bonchev–Trinajstić information content (AvgIpc) is 2.86. The van der Waals surface area contributed by atoms with Crippen LogP contribution in [0.1, 0.15) is 20.3 Å². The predicted octanol–water partition coefficient (Wildman–Crippen LogP) is 1.64. The Labute approximate surface area is 122 Å². The van der Waals surface area contributed by atoms with E-state index in [0.717, 1.165) is 6.42 Å². The van der Waals surface area contributed by atoms with Crippen LogP contribution >= 0.6 is 11.3 Å². The molecule has 2 aromatic rings. The molecule has 2 N–H and O–H groups in total. The minimum Gasteiger partial charge on any atom is -0.381 e. The molecule has 0 saturated carbocycles. The fourth-order valence-corrected chi connectivity index (χ4v) is 5.59. The van der Waals surface area contributed by atoms with E-state index >= 15 is 0 Å². The van der Waals surface area contributed by atoms with Crippen LogP contribution in [-0.4, -0.2) is 35.2 Å². The van der Waals surface area contributed by atoms with E-state index in [-0.39, 0.29) is 10.8 Å². The van der Waals surface area contributed by atoms with E-state index in [1.54, 1.807) is 14.9 Å². The van der Waals surface area contributed by atoms with E-state index in [0.29, 0.717) is 29.9 Å². The maximum atomic E-state index is 12.9. The van der Waals surface area contributed by atoms with Crippen LogP contribution in [0.5, 0.6) is 0 Å². The number of rotatable bonds is 2. The number of thiazole rings is 1. The monoisotopic (exact) mass is 314 g/mol. The van der Waals surface area contributed by atoms with Gasteiger partial charge in [0.05, 0.1) is 0 Å². The molecule has 2 unspecified atom stereocenters. The Kier molecular flexibility index (Phi) is 3.26. The number of imidazole rings is 1. The number of piperidine rings is 1. The first-order chi connectivity index (χ1) is 9.39. The third-order valence-corrected chi connectivity index (χ3v) is 6.29. The highest BCUT2D eigenvalue weighted by Gasteiger charge is 2.35. The van der Waals surface area contributed by atoms with Gasteiger partial charge in [-0.2, -0.15) is 4.31 Å². The molecule has 6 nitrogen and oxygen atoms in total. The summed E-state index contributed by atoms with van der Waals surface area (Å²) in [6, 6.07) is 0. The summed E-state index contributed by atoms with van der Waals surface area (Å²) >= 11 is 1.38. The number of sulfonamides is 1. The number of aromatic nitrogens is 2. The largest absolute Gasteiger partial charge is 0.381 e. The lowest BCUT2D eigenvalue weighted by Crippen LogP contribution is -2.43. The molecule has 2 aromatic heterocycles. The summed E-state index contributed by atoms with van der Waals surface area (Å²) in [6.07, 6.45) is 2.76. The molecule has 0 amide bonds.